The fraction of sp³-hybridized carbons (Fsp3) is 0.588. The fourth-order valence-corrected chi connectivity index (χ4v) is 5.37. The number of carbonyl (C=O) groups excluding carboxylic acids is 1. The van der Waals surface area contributed by atoms with Crippen LogP contribution in [0.4, 0.5) is 5.82 Å². The Kier molecular flexibility index (Phi) is 3.68. The standard InChI is InChI=1S/C17H20N6O2S/c1-10-15(22-26-21-10)16(24)20-6-11-12-8-23(14-7-18-4-5-19-14)9-17(12)3-2-13(11)25-17/h4-5,7,11-13H,2-3,6,8-9H2,1H3,(H,20,24)/t11-,12+,13+,17+/m0/s1. The smallest absolute Gasteiger partial charge is 0.272 e. The van der Waals surface area contributed by atoms with Crippen LogP contribution < -0.4 is 10.2 Å². The molecule has 1 amide bonds. The van der Waals surface area contributed by atoms with Crippen molar-refractivity contribution in [2.75, 3.05) is 24.5 Å². The number of aryl methyl sites for hydroxylation is 1. The van der Waals surface area contributed by atoms with Crippen molar-refractivity contribution in [1.82, 2.24) is 24.0 Å². The van der Waals surface area contributed by atoms with Crippen LogP contribution in [0.15, 0.2) is 18.6 Å². The van der Waals surface area contributed by atoms with E-state index >= 15 is 0 Å². The lowest BCUT2D eigenvalue weighted by molar-refractivity contribution is 0.0141. The number of aromatic nitrogens is 4. The molecule has 4 atom stereocenters. The maximum absolute atomic E-state index is 12.4. The Bertz CT molecular complexity index is 830. The van der Waals surface area contributed by atoms with E-state index in [-0.39, 0.29) is 17.6 Å². The topological polar surface area (TPSA) is 93.1 Å². The molecule has 1 N–H and O–H groups in total. The Balaban J connectivity index is 1.30. The van der Waals surface area contributed by atoms with Crippen LogP contribution in [0.25, 0.3) is 0 Å². The van der Waals surface area contributed by atoms with Gasteiger partial charge >= 0.3 is 0 Å². The van der Waals surface area contributed by atoms with Gasteiger partial charge in [-0.1, -0.05) is 0 Å². The Morgan fingerprint density at radius 1 is 1.46 bits per heavy atom. The third-order valence-corrected chi connectivity index (χ3v) is 6.64. The first-order valence-electron chi connectivity index (χ1n) is 8.92. The summed E-state index contributed by atoms with van der Waals surface area (Å²) >= 11 is 1.07. The lowest BCUT2D eigenvalue weighted by atomic mass is 9.73. The average molecular weight is 372 g/mol. The van der Waals surface area contributed by atoms with Crippen molar-refractivity contribution in [2.45, 2.75) is 31.5 Å². The van der Waals surface area contributed by atoms with Crippen LogP contribution in [-0.2, 0) is 4.74 Å². The summed E-state index contributed by atoms with van der Waals surface area (Å²) in [6, 6.07) is 0. The molecular formula is C17H20N6O2S. The molecule has 5 heterocycles. The molecule has 0 saturated carbocycles. The van der Waals surface area contributed by atoms with Crippen LogP contribution >= 0.6 is 11.7 Å². The minimum absolute atomic E-state index is 0.102. The molecule has 3 aliphatic heterocycles. The van der Waals surface area contributed by atoms with Crippen LogP contribution in [-0.4, -0.2) is 56.0 Å². The van der Waals surface area contributed by atoms with E-state index in [1.807, 2.05) is 6.92 Å². The van der Waals surface area contributed by atoms with Gasteiger partial charge in [-0.25, -0.2) is 4.98 Å². The second kappa shape index (κ2) is 5.95. The zero-order valence-corrected chi connectivity index (χ0v) is 15.3. The molecule has 2 bridgehead atoms. The predicted octanol–water partition coefficient (Wildman–Crippen LogP) is 1.05. The Labute approximate surface area is 155 Å². The van der Waals surface area contributed by atoms with Crippen LogP contribution in [0, 0.1) is 18.8 Å². The first kappa shape index (κ1) is 16.1. The van der Waals surface area contributed by atoms with E-state index in [9.17, 15) is 4.79 Å². The summed E-state index contributed by atoms with van der Waals surface area (Å²) in [6.45, 7) is 4.17. The van der Waals surface area contributed by atoms with Crippen molar-refractivity contribution < 1.29 is 9.53 Å². The van der Waals surface area contributed by atoms with Crippen LogP contribution in [0.2, 0.25) is 0 Å². The van der Waals surface area contributed by atoms with Gasteiger partial charge in [0, 0.05) is 43.9 Å². The quantitative estimate of drug-likeness (QED) is 0.857. The molecule has 2 aromatic heterocycles. The second-order valence-electron chi connectivity index (χ2n) is 7.38. The first-order chi connectivity index (χ1) is 12.7. The lowest BCUT2D eigenvalue weighted by Crippen LogP contribution is -2.42. The SMILES string of the molecule is Cc1nsnc1C(=O)NC[C@H]1[C@H]2CN(c3cnccn3)C[C@]23CC[C@H]1O3. The molecule has 0 radical (unpaired) electrons. The van der Waals surface area contributed by atoms with E-state index < -0.39 is 0 Å². The van der Waals surface area contributed by atoms with Crippen molar-refractivity contribution >= 4 is 23.5 Å². The number of anilines is 1. The zero-order valence-electron chi connectivity index (χ0n) is 14.5. The minimum atomic E-state index is -0.142. The molecule has 5 rings (SSSR count). The number of ether oxygens (including phenoxy) is 1. The van der Waals surface area contributed by atoms with E-state index in [0.717, 1.165) is 43.5 Å². The Hall–Kier alpha value is -2.13. The number of hydrogen-bond donors (Lipinski definition) is 1. The molecule has 2 aromatic rings. The minimum Gasteiger partial charge on any atom is -0.369 e. The molecule has 0 aromatic carbocycles. The molecule has 0 aliphatic carbocycles. The monoisotopic (exact) mass is 372 g/mol. The molecule has 3 fully saturated rings. The summed E-state index contributed by atoms with van der Waals surface area (Å²) in [6.07, 6.45) is 7.59. The number of nitrogens with one attached hydrogen (secondary N) is 1. The van der Waals surface area contributed by atoms with Crippen LogP contribution in [0.1, 0.15) is 29.0 Å². The summed E-state index contributed by atoms with van der Waals surface area (Å²) in [5.74, 6) is 1.48. The van der Waals surface area contributed by atoms with E-state index in [1.165, 1.54) is 0 Å². The summed E-state index contributed by atoms with van der Waals surface area (Å²) < 4.78 is 14.6. The lowest BCUT2D eigenvalue weighted by Gasteiger charge is -2.29. The first-order valence-corrected chi connectivity index (χ1v) is 9.65. The van der Waals surface area contributed by atoms with Crippen molar-refractivity contribution in [2.24, 2.45) is 11.8 Å². The highest BCUT2D eigenvalue weighted by molar-refractivity contribution is 6.99. The van der Waals surface area contributed by atoms with Gasteiger partial charge in [0.2, 0.25) is 0 Å². The summed E-state index contributed by atoms with van der Waals surface area (Å²) in [4.78, 5) is 23.3. The number of rotatable bonds is 4. The third kappa shape index (κ3) is 2.41. The van der Waals surface area contributed by atoms with E-state index in [2.05, 4.69) is 28.9 Å². The molecule has 9 heteroatoms. The highest BCUT2D eigenvalue weighted by atomic mass is 32.1. The largest absolute Gasteiger partial charge is 0.369 e. The molecule has 136 valence electrons. The third-order valence-electron chi connectivity index (χ3n) is 6.02. The normalized spacial score (nSPS) is 32.0. The van der Waals surface area contributed by atoms with Crippen LogP contribution in [0.5, 0.6) is 0 Å². The van der Waals surface area contributed by atoms with Gasteiger partial charge in [-0.05, 0) is 19.8 Å². The molecule has 8 nitrogen and oxygen atoms in total. The average Bonchev–Trinajstić information content (AvgIpc) is 3.40. The van der Waals surface area contributed by atoms with Crippen LogP contribution in [0.3, 0.4) is 0 Å². The fourth-order valence-electron chi connectivity index (χ4n) is 4.82. The Morgan fingerprint density at radius 3 is 3.15 bits per heavy atom. The number of nitrogens with zero attached hydrogens (tertiary/aromatic N) is 5. The van der Waals surface area contributed by atoms with Gasteiger partial charge in [-0.3, -0.25) is 9.78 Å². The van der Waals surface area contributed by atoms with Gasteiger partial charge in [-0.15, -0.1) is 0 Å². The van der Waals surface area contributed by atoms with Crippen molar-refractivity contribution in [3.8, 4) is 0 Å². The molecular weight excluding hydrogens is 352 g/mol. The summed E-state index contributed by atoms with van der Waals surface area (Å²) in [7, 11) is 0. The highest BCUT2D eigenvalue weighted by Gasteiger charge is 2.63. The maximum Gasteiger partial charge on any atom is 0.272 e. The van der Waals surface area contributed by atoms with E-state index in [1.54, 1.807) is 18.6 Å². The maximum atomic E-state index is 12.4. The van der Waals surface area contributed by atoms with Gasteiger partial charge in [0.05, 0.1) is 35.3 Å². The van der Waals surface area contributed by atoms with Crippen molar-refractivity contribution in [3.63, 3.8) is 0 Å². The molecule has 3 aliphatic rings. The molecule has 1 spiro atoms. The van der Waals surface area contributed by atoms with Gasteiger partial charge in [-0.2, -0.15) is 8.75 Å². The predicted molar refractivity (Wildman–Crippen MR) is 95.0 cm³/mol. The molecule has 3 saturated heterocycles. The highest BCUT2D eigenvalue weighted by Crippen LogP contribution is 2.55. The second-order valence-corrected chi connectivity index (χ2v) is 7.91. The summed E-state index contributed by atoms with van der Waals surface area (Å²) in [5, 5.41) is 3.06. The number of carbonyl (C=O) groups is 1. The number of fused-ring (bicyclic) bond motifs is 1. The van der Waals surface area contributed by atoms with Gasteiger partial charge in [0.25, 0.3) is 5.91 Å². The van der Waals surface area contributed by atoms with Crippen molar-refractivity contribution in [1.29, 1.82) is 0 Å². The number of amides is 1. The summed E-state index contributed by atoms with van der Waals surface area (Å²) in [5.41, 5.74) is 1.01. The van der Waals surface area contributed by atoms with Crippen molar-refractivity contribution in [3.05, 3.63) is 30.0 Å². The van der Waals surface area contributed by atoms with Gasteiger partial charge in [0.15, 0.2) is 5.69 Å². The van der Waals surface area contributed by atoms with E-state index in [4.69, 9.17) is 4.74 Å². The van der Waals surface area contributed by atoms with E-state index in [0.29, 0.717) is 29.8 Å². The molecule has 0 unspecified atom stereocenters. The van der Waals surface area contributed by atoms with Gasteiger partial charge in [0.1, 0.15) is 5.82 Å². The molecule has 26 heavy (non-hydrogen) atoms. The zero-order chi connectivity index (χ0) is 17.7. The number of hydrogen-bond acceptors (Lipinski definition) is 8. The Morgan fingerprint density at radius 2 is 2.38 bits per heavy atom. The van der Waals surface area contributed by atoms with Gasteiger partial charge < -0.3 is 15.0 Å².